The molecule has 1 aromatic carbocycles. The van der Waals surface area contributed by atoms with Crippen molar-refractivity contribution in [3.05, 3.63) is 34.9 Å². The number of fused-ring (bicyclic) bond motifs is 1. The molecule has 0 fully saturated rings. The van der Waals surface area contributed by atoms with Crippen molar-refractivity contribution in [2.75, 3.05) is 0 Å². The third-order valence-corrected chi connectivity index (χ3v) is 3.24. The molecule has 70 valence electrons. The van der Waals surface area contributed by atoms with Gasteiger partial charge >= 0.3 is 0 Å². The van der Waals surface area contributed by atoms with Crippen LogP contribution in [0.3, 0.4) is 0 Å². The molecular weight excluding hydrogens is 156 g/mol. The van der Waals surface area contributed by atoms with Gasteiger partial charge in [0.15, 0.2) is 0 Å². The van der Waals surface area contributed by atoms with E-state index in [-0.39, 0.29) is 0 Å². The summed E-state index contributed by atoms with van der Waals surface area (Å²) in [6.07, 6.45) is 5.24. The Morgan fingerprint density at radius 2 is 2.23 bits per heavy atom. The highest BCUT2D eigenvalue weighted by Gasteiger charge is 2.18. The molecule has 0 spiro atoms. The van der Waals surface area contributed by atoms with E-state index in [1.807, 2.05) is 0 Å². The molecule has 0 nitrogen and oxygen atoms in total. The van der Waals surface area contributed by atoms with Crippen LogP contribution in [0.2, 0.25) is 0 Å². The summed E-state index contributed by atoms with van der Waals surface area (Å²) in [5.74, 6) is 0.792. The van der Waals surface area contributed by atoms with E-state index in [4.69, 9.17) is 0 Å². The minimum atomic E-state index is 0.792. The lowest BCUT2D eigenvalue weighted by molar-refractivity contribution is 0.585. The van der Waals surface area contributed by atoms with Gasteiger partial charge in [-0.15, -0.1) is 0 Å². The first-order valence-electron chi connectivity index (χ1n) is 5.43. The summed E-state index contributed by atoms with van der Waals surface area (Å²) in [6, 6.07) is 6.82. The standard InChI is InChI=1S/C13H18/c1-3-11-7-5-9-12-8-4-6-10(2)13(11)12/h5,7,9-10H,3-4,6,8H2,1-2H3. The van der Waals surface area contributed by atoms with Crippen molar-refractivity contribution in [2.24, 2.45) is 0 Å². The molecule has 0 amide bonds. The number of rotatable bonds is 1. The maximum atomic E-state index is 2.37. The molecule has 0 bridgehead atoms. The van der Waals surface area contributed by atoms with Gasteiger partial charge in [0.05, 0.1) is 0 Å². The van der Waals surface area contributed by atoms with Gasteiger partial charge in [0.25, 0.3) is 0 Å². The molecule has 1 aliphatic rings. The van der Waals surface area contributed by atoms with Gasteiger partial charge in [-0.05, 0) is 48.3 Å². The molecule has 13 heavy (non-hydrogen) atoms. The smallest absolute Gasteiger partial charge is 0.0185 e. The molecule has 0 N–H and O–H groups in total. The van der Waals surface area contributed by atoms with Crippen LogP contribution in [0.5, 0.6) is 0 Å². The lowest BCUT2D eigenvalue weighted by atomic mass is 9.81. The first kappa shape index (κ1) is 8.80. The minimum absolute atomic E-state index is 0.792. The normalized spacial score (nSPS) is 21.2. The van der Waals surface area contributed by atoms with Crippen LogP contribution in [0, 0.1) is 0 Å². The minimum Gasteiger partial charge on any atom is -0.0617 e. The van der Waals surface area contributed by atoms with Gasteiger partial charge in [-0.1, -0.05) is 32.0 Å². The van der Waals surface area contributed by atoms with Crippen LogP contribution >= 0.6 is 0 Å². The quantitative estimate of drug-likeness (QED) is 0.609. The summed E-state index contributed by atoms with van der Waals surface area (Å²) >= 11 is 0. The van der Waals surface area contributed by atoms with Crippen molar-refractivity contribution >= 4 is 0 Å². The van der Waals surface area contributed by atoms with Crippen molar-refractivity contribution in [3.63, 3.8) is 0 Å². The van der Waals surface area contributed by atoms with E-state index in [0.717, 1.165) is 5.92 Å². The van der Waals surface area contributed by atoms with E-state index < -0.39 is 0 Å². The molecule has 0 saturated heterocycles. The van der Waals surface area contributed by atoms with Gasteiger partial charge in [-0.3, -0.25) is 0 Å². The Morgan fingerprint density at radius 3 is 3.00 bits per heavy atom. The van der Waals surface area contributed by atoms with Crippen LogP contribution in [-0.4, -0.2) is 0 Å². The van der Waals surface area contributed by atoms with Crippen LogP contribution in [0.25, 0.3) is 0 Å². The van der Waals surface area contributed by atoms with E-state index in [2.05, 4.69) is 32.0 Å². The van der Waals surface area contributed by atoms with Gasteiger partial charge in [-0.25, -0.2) is 0 Å². The molecule has 0 heteroatoms. The number of hydrogen-bond acceptors (Lipinski definition) is 0. The molecule has 1 aromatic rings. The molecule has 2 rings (SSSR count). The van der Waals surface area contributed by atoms with E-state index >= 15 is 0 Å². The van der Waals surface area contributed by atoms with Gasteiger partial charge in [0.1, 0.15) is 0 Å². The molecule has 1 unspecified atom stereocenters. The molecule has 1 aliphatic carbocycles. The zero-order valence-electron chi connectivity index (χ0n) is 8.64. The fourth-order valence-corrected chi connectivity index (χ4v) is 2.57. The molecule has 0 radical (unpaired) electrons. The monoisotopic (exact) mass is 174 g/mol. The Labute approximate surface area is 81.0 Å². The van der Waals surface area contributed by atoms with E-state index in [1.54, 1.807) is 16.7 Å². The average molecular weight is 174 g/mol. The van der Waals surface area contributed by atoms with Crippen molar-refractivity contribution in [3.8, 4) is 0 Å². The van der Waals surface area contributed by atoms with Crippen molar-refractivity contribution in [1.29, 1.82) is 0 Å². The first-order valence-corrected chi connectivity index (χ1v) is 5.43. The highest BCUT2D eigenvalue weighted by molar-refractivity contribution is 5.39. The Morgan fingerprint density at radius 1 is 1.38 bits per heavy atom. The van der Waals surface area contributed by atoms with Gasteiger partial charge in [0.2, 0.25) is 0 Å². The van der Waals surface area contributed by atoms with E-state index in [0.29, 0.717) is 0 Å². The third kappa shape index (κ3) is 1.50. The number of aryl methyl sites for hydroxylation is 2. The van der Waals surface area contributed by atoms with Crippen molar-refractivity contribution < 1.29 is 0 Å². The predicted octanol–water partition coefficient (Wildman–Crippen LogP) is 3.69. The molecule has 1 atom stereocenters. The predicted molar refractivity (Wildman–Crippen MR) is 57.2 cm³/mol. The largest absolute Gasteiger partial charge is 0.0617 e. The molecule has 0 aromatic heterocycles. The summed E-state index contributed by atoms with van der Waals surface area (Å²) in [7, 11) is 0. The summed E-state index contributed by atoms with van der Waals surface area (Å²) in [4.78, 5) is 0. The molecule has 0 aliphatic heterocycles. The van der Waals surface area contributed by atoms with Crippen LogP contribution < -0.4 is 0 Å². The Hall–Kier alpha value is -0.780. The van der Waals surface area contributed by atoms with Gasteiger partial charge in [-0.2, -0.15) is 0 Å². The zero-order valence-corrected chi connectivity index (χ0v) is 8.64. The number of hydrogen-bond donors (Lipinski definition) is 0. The van der Waals surface area contributed by atoms with Crippen LogP contribution in [-0.2, 0) is 12.8 Å². The maximum absolute atomic E-state index is 2.37. The van der Waals surface area contributed by atoms with Gasteiger partial charge < -0.3 is 0 Å². The summed E-state index contributed by atoms with van der Waals surface area (Å²) in [5.41, 5.74) is 4.85. The van der Waals surface area contributed by atoms with Crippen LogP contribution in [0.1, 0.15) is 49.3 Å². The Kier molecular flexibility index (Phi) is 2.39. The highest BCUT2D eigenvalue weighted by atomic mass is 14.2. The Bertz CT molecular complexity index is 285. The topological polar surface area (TPSA) is 0 Å². The SMILES string of the molecule is CCc1cccc2c1C(C)CCC2. The molecule has 0 heterocycles. The van der Waals surface area contributed by atoms with Crippen molar-refractivity contribution in [2.45, 2.75) is 45.4 Å². The van der Waals surface area contributed by atoms with Crippen molar-refractivity contribution in [1.82, 2.24) is 0 Å². The van der Waals surface area contributed by atoms with E-state index in [1.165, 1.54) is 25.7 Å². The zero-order chi connectivity index (χ0) is 9.26. The second kappa shape index (κ2) is 3.53. The second-order valence-corrected chi connectivity index (χ2v) is 4.14. The van der Waals surface area contributed by atoms with Crippen LogP contribution in [0.4, 0.5) is 0 Å². The maximum Gasteiger partial charge on any atom is -0.0185 e. The number of benzene rings is 1. The summed E-state index contributed by atoms with van der Waals surface area (Å²) in [6.45, 7) is 4.63. The van der Waals surface area contributed by atoms with E-state index in [9.17, 15) is 0 Å². The van der Waals surface area contributed by atoms with Crippen LogP contribution in [0.15, 0.2) is 18.2 Å². The summed E-state index contributed by atoms with van der Waals surface area (Å²) in [5, 5.41) is 0. The van der Waals surface area contributed by atoms with Gasteiger partial charge in [0, 0.05) is 0 Å². The second-order valence-electron chi connectivity index (χ2n) is 4.14. The summed E-state index contributed by atoms with van der Waals surface area (Å²) < 4.78 is 0. The highest BCUT2D eigenvalue weighted by Crippen LogP contribution is 2.33. The fourth-order valence-electron chi connectivity index (χ4n) is 2.57. The molecular formula is C13H18. The lowest BCUT2D eigenvalue weighted by Crippen LogP contribution is -2.09. The Balaban J connectivity index is 2.50. The first-order chi connectivity index (χ1) is 6.33. The molecule has 0 saturated carbocycles. The third-order valence-electron chi connectivity index (χ3n) is 3.24. The average Bonchev–Trinajstić information content (AvgIpc) is 2.17. The lowest BCUT2D eigenvalue weighted by Gasteiger charge is -2.24. The fraction of sp³-hybridized carbons (Fsp3) is 0.538.